The molecule has 8 nitrogen and oxygen atoms in total. The molecule has 12 heteroatoms. The van der Waals surface area contributed by atoms with Crippen LogP contribution < -0.4 is 15.5 Å². The van der Waals surface area contributed by atoms with Crippen LogP contribution in [-0.4, -0.2) is 41.5 Å². The zero-order chi connectivity index (χ0) is 31.5. The Morgan fingerprint density at radius 1 is 0.977 bits per heavy atom. The number of benzene rings is 3. The van der Waals surface area contributed by atoms with Gasteiger partial charge in [0.25, 0.3) is 5.91 Å². The first kappa shape index (κ1) is 31.5. The van der Waals surface area contributed by atoms with Crippen molar-refractivity contribution in [1.82, 2.24) is 10.8 Å². The lowest BCUT2D eigenvalue weighted by Gasteiger charge is -2.27. The summed E-state index contributed by atoms with van der Waals surface area (Å²) in [6.07, 6.45) is 0.964. The summed E-state index contributed by atoms with van der Waals surface area (Å²) in [4.78, 5) is 45.0. The van der Waals surface area contributed by atoms with E-state index in [0.717, 1.165) is 16.3 Å². The van der Waals surface area contributed by atoms with Gasteiger partial charge in [-0.05, 0) is 50.1 Å². The van der Waals surface area contributed by atoms with Crippen molar-refractivity contribution in [1.29, 1.82) is 0 Å². The normalized spacial score (nSPS) is 17.2. The molecule has 0 saturated carbocycles. The summed E-state index contributed by atoms with van der Waals surface area (Å²) in [5.74, 6) is -11.3. The van der Waals surface area contributed by atoms with Crippen molar-refractivity contribution < 1.29 is 46.3 Å². The van der Waals surface area contributed by atoms with Crippen molar-refractivity contribution in [3.63, 3.8) is 0 Å². The third kappa shape index (κ3) is 7.14. The van der Waals surface area contributed by atoms with Gasteiger partial charge >= 0.3 is 5.97 Å². The van der Waals surface area contributed by atoms with Crippen molar-refractivity contribution in [2.24, 2.45) is 0 Å². The molecule has 1 unspecified atom stereocenters. The standard InChI is InChI=1S/C31H30F4N2O6/c1-5-31(15-23(37-43-31)19-11-10-17-8-6-7-9-18(17)12-19)29(40)36-22(14-25(39)42-30(2,3)4)24(38)16-41-28-26(34)20(32)13-21(33)27(28)35/h6-13,15,22,37H,5,14,16H2,1-4H3,(H,36,40)/t22-,31?/m0/s1. The molecule has 2 atom stereocenters. The molecule has 1 aliphatic heterocycles. The first-order valence-electron chi connectivity index (χ1n) is 13.4. The summed E-state index contributed by atoms with van der Waals surface area (Å²) in [6.45, 7) is 5.31. The van der Waals surface area contributed by atoms with E-state index >= 15 is 0 Å². The quantitative estimate of drug-likeness (QED) is 0.185. The Bertz CT molecular complexity index is 1580. The number of esters is 1. The molecule has 43 heavy (non-hydrogen) atoms. The van der Waals surface area contributed by atoms with Gasteiger partial charge in [0.05, 0.1) is 12.1 Å². The molecular weight excluding hydrogens is 572 g/mol. The second kappa shape index (κ2) is 12.4. The van der Waals surface area contributed by atoms with Crippen LogP contribution in [0.5, 0.6) is 5.75 Å². The fourth-order valence-corrected chi connectivity index (χ4v) is 4.38. The Kier molecular flexibility index (Phi) is 9.09. The van der Waals surface area contributed by atoms with E-state index in [0.29, 0.717) is 5.70 Å². The lowest BCUT2D eigenvalue weighted by atomic mass is 9.95. The predicted molar refractivity (Wildman–Crippen MR) is 148 cm³/mol. The highest BCUT2D eigenvalue weighted by Crippen LogP contribution is 2.31. The minimum Gasteiger partial charge on any atom is -0.479 e. The van der Waals surface area contributed by atoms with Crippen molar-refractivity contribution in [3.8, 4) is 5.75 Å². The highest BCUT2D eigenvalue weighted by atomic mass is 19.2. The molecule has 0 bridgehead atoms. The second-order valence-electron chi connectivity index (χ2n) is 10.9. The minimum absolute atomic E-state index is 0.00952. The van der Waals surface area contributed by atoms with E-state index < -0.39 is 76.9 Å². The van der Waals surface area contributed by atoms with Gasteiger partial charge in [0.15, 0.2) is 28.8 Å². The third-order valence-electron chi connectivity index (χ3n) is 6.61. The Morgan fingerprint density at radius 3 is 2.26 bits per heavy atom. The van der Waals surface area contributed by atoms with E-state index in [9.17, 15) is 31.9 Å². The topological polar surface area (TPSA) is 103 Å². The number of nitrogens with one attached hydrogen (secondary N) is 2. The van der Waals surface area contributed by atoms with Crippen LogP contribution in [0, 0.1) is 23.3 Å². The smallest absolute Gasteiger partial charge is 0.308 e. The van der Waals surface area contributed by atoms with Crippen molar-refractivity contribution in [2.75, 3.05) is 6.61 Å². The van der Waals surface area contributed by atoms with Crippen molar-refractivity contribution in [2.45, 2.75) is 57.8 Å². The van der Waals surface area contributed by atoms with E-state index in [-0.39, 0.29) is 12.5 Å². The maximum atomic E-state index is 14.1. The van der Waals surface area contributed by atoms with Gasteiger partial charge < -0.3 is 14.8 Å². The number of Topliss-reactive ketones (excluding diaryl/α,β-unsaturated/α-hetero) is 1. The van der Waals surface area contributed by atoms with Crippen LogP contribution >= 0.6 is 0 Å². The number of hydrogen-bond donors (Lipinski definition) is 2. The monoisotopic (exact) mass is 602 g/mol. The number of carbonyl (C=O) groups is 3. The van der Waals surface area contributed by atoms with E-state index in [2.05, 4.69) is 10.8 Å². The molecule has 0 fully saturated rings. The van der Waals surface area contributed by atoms with E-state index in [1.54, 1.807) is 27.7 Å². The van der Waals surface area contributed by atoms with Gasteiger partial charge in [-0.1, -0.05) is 43.3 Å². The van der Waals surface area contributed by atoms with Gasteiger partial charge in [-0.3, -0.25) is 24.7 Å². The zero-order valence-corrected chi connectivity index (χ0v) is 23.9. The van der Waals surface area contributed by atoms with Crippen molar-refractivity contribution >= 4 is 34.1 Å². The molecule has 228 valence electrons. The SMILES string of the molecule is CCC1(C(=O)N[C@@H](CC(=O)OC(C)(C)C)C(=O)COc2c(F)c(F)cc(F)c2F)C=C(c2ccc3ccccc3c2)NO1. The number of ketones is 1. The molecule has 0 spiro atoms. The Morgan fingerprint density at radius 2 is 1.63 bits per heavy atom. The van der Waals surface area contributed by atoms with Crippen LogP contribution in [0.15, 0.2) is 54.6 Å². The Balaban J connectivity index is 1.57. The molecule has 0 aromatic heterocycles. The van der Waals surface area contributed by atoms with Crippen LogP contribution in [0.2, 0.25) is 0 Å². The van der Waals surface area contributed by atoms with Gasteiger partial charge in [-0.15, -0.1) is 0 Å². The summed E-state index contributed by atoms with van der Waals surface area (Å²) in [5, 5.41) is 4.41. The maximum absolute atomic E-state index is 14.1. The van der Waals surface area contributed by atoms with Crippen LogP contribution in [0.1, 0.15) is 46.1 Å². The summed E-state index contributed by atoms with van der Waals surface area (Å²) in [6, 6.07) is 11.7. The third-order valence-corrected chi connectivity index (χ3v) is 6.61. The molecule has 3 aromatic carbocycles. The number of ether oxygens (including phenoxy) is 2. The fourth-order valence-electron chi connectivity index (χ4n) is 4.38. The number of amides is 1. The largest absolute Gasteiger partial charge is 0.479 e. The average Bonchev–Trinajstić information content (AvgIpc) is 3.40. The molecule has 4 rings (SSSR count). The van der Waals surface area contributed by atoms with Crippen LogP contribution in [-0.2, 0) is 24.0 Å². The minimum atomic E-state index is -1.85. The molecule has 3 aromatic rings. The number of carbonyl (C=O) groups excluding carboxylic acids is 3. The van der Waals surface area contributed by atoms with E-state index in [1.807, 2.05) is 42.5 Å². The Hall–Kier alpha value is -4.45. The van der Waals surface area contributed by atoms with Crippen LogP contribution in [0.4, 0.5) is 17.6 Å². The molecule has 0 radical (unpaired) electrons. The summed E-state index contributed by atoms with van der Waals surface area (Å²) >= 11 is 0. The summed E-state index contributed by atoms with van der Waals surface area (Å²) in [7, 11) is 0. The van der Waals surface area contributed by atoms with E-state index in [4.69, 9.17) is 14.3 Å². The summed E-state index contributed by atoms with van der Waals surface area (Å²) in [5.41, 5.74) is 1.41. The number of rotatable bonds is 10. The van der Waals surface area contributed by atoms with Gasteiger partial charge in [0.2, 0.25) is 11.6 Å². The number of halogens is 4. The molecule has 1 aliphatic rings. The Labute approximate surface area is 244 Å². The fraction of sp³-hybridized carbons (Fsp3) is 0.323. The van der Waals surface area contributed by atoms with Gasteiger partial charge in [-0.25, -0.2) is 8.78 Å². The molecule has 2 N–H and O–H groups in total. The van der Waals surface area contributed by atoms with Gasteiger partial charge in [0.1, 0.15) is 18.2 Å². The number of hydroxylamine groups is 1. The average molecular weight is 603 g/mol. The second-order valence-corrected chi connectivity index (χ2v) is 10.9. The highest BCUT2D eigenvalue weighted by molar-refractivity contribution is 5.97. The van der Waals surface area contributed by atoms with Gasteiger partial charge in [-0.2, -0.15) is 8.78 Å². The van der Waals surface area contributed by atoms with E-state index in [1.165, 1.54) is 6.08 Å². The lowest BCUT2D eigenvalue weighted by Crippen LogP contribution is -2.53. The molecule has 0 aliphatic carbocycles. The van der Waals surface area contributed by atoms with Crippen LogP contribution in [0.25, 0.3) is 16.5 Å². The first-order valence-corrected chi connectivity index (χ1v) is 13.4. The highest BCUT2D eigenvalue weighted by Gasteiger charge is 2.43. The molecule has 0 saturated heterocycles. The number of fused-ring (bicyclic) bond motifs is 1. The molecule has 1 heterocycles. The molecular formula is C31H30F4N2O6. The molecule has 1 amide bonds. The zero-order valence-electron chi connectivity index (χ0n) is 23.9. The first-order chi connectivity index (χ1) is 20.2. The lowest BCUT2D eigenvalue weighted by molar-refractivity contribution is -0.157. The maximum Gasteiger partial charge on any atom is 0.308 e. The van der Waals surface area contributed by atoms with Gasteiger partial charge in [0, 0.05) is 11.6 Å². The van der Waals surface area contributed by atoms with Crippen molar-refractivity contribution in [3.05, 3.63) is 83.4 Å². The number of hydrogen-bond acceptors (Lipinski definition) is 7. The summed E-state index contributed by atoms with van der Waals surface area (Å²) < 4.78 is 65.4. The van der Waals surface area contributed by atoms with Crippen LogP contribution in [0.3, 0.4) is 0 Å². The predicted octanol–water partition coefficient (Wildman–Crippen LogP) is 5.29.